The van der Waals surface area contributed by atoms with Crippen molar-refractivity contribution in [3.8, 4) is 0 Å². The largest absolute Gasteiger partial charge is 0.313 e. The summed E-state index contributed by atoms with van der Waals surface area (Å²) in [4.78, 5) is 2.63. The van der Waals surface area contributed by atoms with E-state index in [0.717, 1.165) is 18.5 Å². The molecule has 0 radical (unpaired) electrons. The van der Waals surface area contributed by atoms with Gasteiger partial charge in [-0.1, -0.05) is 34.1 Å². The van der Waals surface area contributed by atoms with Crippen LogP contribution in [0.1, 0.15) is 59.8 Å². The Kier molecular flexibility index (Phi) is 8.66. The molecule has 2 nitrogen and oxygen atoms in total. The molecule has 0 bridgehead atoms. The van der Waals surface area contributed by atoms with Crippen molar-refractivity contribution < 1.29 is 0 Å². The first-order valence-electron chi connectivity index (χ1n) is 8.88. The second-order valence-electron chi connectivity index (χ2n) is 7.53. The molecule has 1 aliphatic rings. The van der Waals surface area contributed by atoms with Crippen LogP contribution in [-0.4, -0.2) is 49.1 Å². The molecule has 3 atom stereocenters. The van der Waals surface area contributed by atoms with Crippen LogP contribution in [0.3, 0.4) is 0 Å². The SMILES string of the molecule is CCCNC1C(CN(C)C(CC)CSC)CCCC1(C)C. The second kappa shape index (κ2) is 9.42. The molecule has 21 heavy (non-hydrogen) atoms. The fourth-order valence-corrected chi connectivity index (χ4v) is 4.86. The summed E-state index contributed by atoms with van der Waals surface area (Å²) in [7, 11) is 2.34. The zero-order valence-corrected chi connectivity index (χ0v) is 16.1. The first-order chi connectivity index (χ1) is 9.96. The third kappa shape index (κ3) is 5.76. The highest BCUT2D eigenvalue weighted by molar-refractivity contribution is 7.98. The summed E-state index contributed by atoms with van der Waals surface area (Å²) in [5, 5.41) is 3.87. The van der Waals surface area contributed by atoms with Crippen molar-refractivity contribution >= 4 is 11.8 Å². The number of hydrogen-bond donors (Lipinski definition) is 1. The third-order valence-corrected chi connectivity index (χ3v) is 6.02. The summed E-state index contributed by atoms with van der Waals surface area (Å²) < 4.78 is 0. The molecule has 0 spiro atoms. The van der Waals surface area contributed by atoms with E-state index in [1.807, 2.05) is 11.8 Å². The van der Waals surface area contributed by atoms with E-state index in [2.05, 4.69) is 51.2 Å². The zero-order chi connectivity index (χ0) is 15.9. The minimum atomic E-state index is 0.445. The maximum Gasteiger partial charge on any atom is 0.0180 e. The van der Waals surface area contributed by atoms with Crippen molar-refractivity contribution in [1.29, 1.82) is 0 Å². The Hall–Kier alpha value is 0.270. The van der Waals surface area contributed by atoms with Gasteiger partial charge in [0.05, 0.1) is 0 Å². The summed E-state index contributed by atoms with van der Waals surface area (Å²) in [6.45, 7) is 11.9. The third-order valence-electron chi connectivity index (χ3n) is 5.30. The van der Waals surface area contributed by atoms with Gasteiger partial charge in [0.1, 0.15) is 0 Å². The molecule has 0 saturated heterocycles. The maximum atomic E-state index is 3.87. The van der Waals surface area contributed by atoms with E-state index < -0.39 is 0 Å². The number of hydrogen-bond acceptors (Lipinski definition) is 3. The molecule has 1 rings (SSSR count). The molecule has 0 aliphatic heterocycles. The summed E-state index contributed by atoms with van der Waals surface area (Å²) in [5.41, 5.74) is 0.445. The highest BCUT2D eigenvalue weighted by Gasteiger charge is 2.39. The van der Waals surface area contributed by atoms with Gasteiger partial charge in [-0.2, -0.15) is 11.8 Å². The van der Waals surface area contributed by atoms with Gasteiger partial charge >= 0.3 is 0 Å². The lowest BCUT2D eigenvalue weighted by atomic mass is 9.67. The van der Waals surface area contributed by atoms with Gasteiger partial charge in [-0.15, -0.1) is 0 Å². The van der Waals surface area contributed by atoms with Crippen LogP contribution >= 0.6 is 11.8 Å². The molecule has 1 N–H and O–H groups in total. The Labute approximate surface area is 137 Å². The Balaban J connectivity index is 2.68. The number of nitrogens with one attached hydrogen (secondary N) is 1. The van der Waals surface area contributed by atoms with Gasteiger partial charge in [-0.25, -0.2) is 0 Å². The van der Waals surface area contributed by atoms with E-state index in [9.17, 15) is 0 Å². The lowest BCUT2D eigenvalue weighted by Crippen LogP contribution is -2.53. The van der Waals surface area contributed by atoms with E-state index in [4.69, 9.17) is 0 Å². The van der Waals surface area contributed by atoms with Crippen molar-refractivity contribution in [1.82, 2.24) is 10.2 Å². The number of nitrogens with zero attached hydrogens (tertiary/aromatic N) is 1. The topological polar surface area (TPSA) is 15.3 Å². The van der Waals surface area contributed by atoms with Crippen molar-refractivity contribution in [3.05, 3.63) is 0 Å². The maximum absolute atomic E-state index is 3.87. The van der Waals surface area contributed by atoms with E-state index in [-0.39, 0.29) is 0 Å². The molecule has 1 aliphatic carbocycles. The highest BCUT2D eigenvalue weighted by Crippen LogP contribution is 2.39. The second-order valence-corrected chi connectivity index (χ2v) is 8.44. The minimum Gasteiger partial charge on any atom is -0.313 e. The predicted octanol–water partition coefficient (Wildman–Crippen LogP) is 4.25. The van der Waals surface area contributed by atoms with Crippen LogP contribution in [0.5, 0.6) is 0 Å². The van der Waals surface area contributed by atoms with Crippen molar-refractivity contribution in [3.63, 3.8) is 0 Å². The molecule has 1 saturated carbocycles. The summed E-state index contributed by atoms with van der Waals surface area (Å²) in [6, 6.07) is 1.41. The minimum absolute atomic E-state index is 0.445. The standard InChI is InChI=1S/C18H38N2S/c1-7-12-19-17-15(10-9-11-18(17,3)4)13-20(5)16(8-2)14-21-6/h15-17,19H,7-14H2,1-6H3. The molecule has 0 amide bonds. The summed E-state index contributed by atoms with van der Waals surface area (Å²) in [6.07, 6.45) is 8.89. The quantitative estimate of drug-likeness (QED) is 0.685. The predicted molar refractivity (Wildman–Crippen MR) is 98.3 cm³/mol. The zero-order valence-electron chi connectivity index (χ0n) is 15.2. The van der Waals surface area contributed by atoms with Crippen molar-refractivity contribution in [2.45, 2.75) is 71.9 Å². The Morgan fingerprint density at radius 3 is 2.62 bits per heavy atom. The van der Waals surface area contributed by atoms with Gasteiger partial charge in [-0.3, -0.25) is 0 Å². The smallest absolute Gasteiger partial charge is 0.0180 e. The number of rotatable bonds is 9. The van der Waals surface area contributed by atoms with Gasteiger partial charge in [0.2, 0.25) is 0 Å². The van der Waals surface area contributed by atoms with Gasteiger partial charge in [0.15, 0.2) is 0 Å². The van der Waals surface area contributed by atoms with Gasteiger partial charge in [-0.05, 0) is 56.9 Å². The summed E-state index contributed by atoms with van der Waals surface area (Å²) >= 11 is 1.98. The molecule has 1 fully saturated rings. The van der Waals surface area contributed by atoms with Crippen molar-refractivity contribution in [2.75, 3.05) is 32.1 Å². The fraction of sp³-hybridized carbons (Fsp3) is 1.00. The summed E-state index contributed by atoms with van der Waals surface area (Å²) in [5.74, 6) is 2.07. The number of thioether (sulfide) groups is 1. The average molecular weight is 315 g/mol. The normalized spacial score (nSPS) is 27.0. The van der Waals surface area contributed by atoms with Crippen LogP contribution < -0.4 is 5.32 Å². The van der Waals surface area contributed by atoms with E-state index in [0.29, 0.717) is 11.5 Å². The van der Waals surface area contributed by atoms with Gasteiger partial charge in [0, 0.05) is 24.4 Å². The molecular formula is C18H38N2S. The first-order valence-corrected chi connectivity index (χ1v) is 10.3. The molecule has 0 aromatic rings. The van der Waals surface area contributed by atoms with Crippen molar-refractivity contribution in [2.24, 2.45) is 11.3 Å². The van der Waals surface area contributed by atoms with Gasteiger partial charge in [0.25, 0.3) is 0 Å². The van der Waals surface area contributed by atoms with E-state index >= 15 is 0 Å². The van der Waals surface area contributed by atoms with Crippen LogP contribution in [-0.2, 0) is 0 Å². The average Bonchev–Trinajstić information content (AvgIpc) is 2.43. The van der Waals surface area contributed by atoms with Crippen LogP contribution in [0.2, 0.25) is 0 Å². The van der Waals surface area contributed by atoms with Gasteiger partial charge < -0.3 is 10.2 Å². The van der Waals surface area contributed by atoms with Crippen LogP contribution in [0, 0.1) is 11.3 Å². The monoisotopic (exact) mass is 314 g/mol. The molecule has 3 heteroatoms. The Morgan fingerprint density at radius 1 is 1.33 bits per heavy atom. The highest BCUT2D eigenvalue weighted by atomic mass is 32.2. The molecule has 0 aromatic carbocycles. The van der Waals surface area contributed by atoms with E-state index in [1.165, 1.54) is 44.4 Å². The van der Waals surface area contributed by atoms with Crippen LogP contribution in [0.25, 0.3) is 0 Å². The van der Waals surface area contributed by atoms with Crippen LogP contribution in [0.15, 0.2) is 0 Å². The molecule has 0 aromatic heterocycles. The Bertz CT molecular complexity index is 280. The molecule has 0 heterocycles. The van der Waals surface area contributed by atoms with Crippen LogP contribution in [0.4, 0.5) is 0 Å². The lowest BCUT2D eigenvalue weighted by Gasteiger charge is -2.46. The molecular weight excluding hydrogens is 276 g/mol. The lowest BCUT2D eigenvalue weighted by molar-refractivity contribution is 0.0764. The first kappa shape index (κ1) is 19.3. The molecule has 126 valence electrons. The Morgan fingerprint density at radius 2 is 2.05 bits per heavy atom. The fourth-order valence-electron chi connectivity index (χ4n) is 3.99. The molecule has 3 unspecified atom stereocenters. The van der Waals surface area contributed by atoms with E-state index in [1.54, 1.807) is 0 Å².